The van der Waals surface area contributed by atoms with Crippen LogP contribution in [0.25, 0.3) is 11.1 Å². The molecule has 1 aliphatic heterocycles. The Hall–Kier alpha value is -2.15. The Balaban J connectivity index is 1.57. The highest BCUT2D eigenvalue weighted by atomic mass is 16.6. The molecule has 2 atom stereocenters. The summed E-state index contributed by atoms with van der Waals surface area (Å²) in [6.07, 6.45) is 5.09. The summed E-state index contributed by atoms with van der Waals surface area (Å²) < 4.78 is 12.0. The summed E-state index contributed by atoms with van der Waals surface area (Å²) in [5, 5.41) is 8.88. The smallest absolute Gasteiger partial charge is 0.106 e. The van der Waals surface area contributed by atoms with Crippen molar-refractivity contribution in [2.24, 2.45) is 0 Å². The number of ether oxygens (including phenoxy) is 2. The predicted octanol–water partition coefficient (Wildman–Crippen LogP) is 5.26. The maximum Gasteiger partial charge on any atom is 0.106 e. The summed E-state index contributed by atoms with van der Waals surface area (Å²) in [6.45, 7) is 3.54. The highest BCUT2D eigenvalue weighted by Gasteiger charge is 2.23. The molecule has 130 valence electrons. The van der Waals surface area contributed by atoms with E-state index in [0.717, 1.165) is 23.1 Å². The van der Waals surface area contributed by atoms with Crippen molar-refractivity contribution in [2.45, 2.75) is 44.8 Å². The van der Waals surface area contributed by atoms with E-state index in [-0.39, 0.29) is 12.2 Å². The molecule has 3 rings (SSSR count). The van der Waals surface area contributed by atoms with Gasteiger partial charge in [-0.2, -0.15) is 5.26 Å². The van der Waals surface area contributed by atoms with Gasteiger partial charge in [0.1, 0.15) is 6.10 Å². The lowest BCUT2D eigenvalue weighted by molar-refractivity contribution is -0.137. The van der Waals surface area contributed by atoms with Crippen molar-refractivity contribution in [1.29, 1.82) is 5.26 Å². The second-order valence-electron chi connectivity index (χ2n) is 6.58. The first-order valence-electron chi connectivity index (χ1n) is 9.14. The molecular formula is C22H25NO2. The average molecular weight is 335 g/mol. The van der Waals surface area contributed by atoms with Crippen molar-refractivity contribution < 1.29 is 9.47 Å². The van der Waals surface area contributed by atoms with Crippen LogP contribution in [0.15, 0.2) is 48.5 Å². The molecule has 2 aromatic carbocycles. The molecule has 1 fully saturated rings. The van der Waals surface area contributed by atoms with Crippen LogP contribution >= 0.6 is 0 Å². The first-order valence-corrected chi connectivity index (χ1v) is 9.14. The molecular weight excluding hydrogens is 310 g/mol. The summed E-state index contributed by atoms with van der Waals surface area (Å²) in [4.78, 5) is 0. The van der Waals surface area contributed by atoms with Crippen LogP contribution in [-0.4, -0.2) is 19.3 Å². The third-order valence-corrected chi connectivity index (χ3v) is 4.73. The van der Waals surface area contributed by atoms with Gasteiger partial charge in [0.25, 0.3) is 0 Å². The minimum absolute atomic E-state index is 0.0254. The van der Waals surface area contributed by atoms with E-state index in [1.54, 1.807) is 0 Å². The topological polar surface area (TPSA) is 42.2 Å². The third-order valence-electron chi connectivity index (χ3n) is 4.73. The van der Waals surface area contributed by atoms with Gasteiger partial charge in [-0.05, 0) is 35.2 Å². The molecule has 0 N–H and O–H groups in total. The molecule has 2 aromatic rings. The largest absolute Gasteiger partial charge is 0.373 e. The normalized spacial score (nSPS) is 20.2. The summed E-state index contributed by atoms with van der Waals surface area (Å²) in [6, 6.07) is 18.2. The van der Waals surface area contributed by atoms with E-state index in [9.17, 15) is 0 Å². The summed E-state index contributed by atoms with van der Waals surface area (Å²) in [5.74, 6) is 0. The van der Waals surface area contributed by atoms with Crippen LogP contribution in [0.3, 0.4) is 0 Å². The molecule has 1 aliphatic rings. The lowest BCUT2D eigenvalue weighted by Crippen LogP contribution is -2.31. The Kier molecular flexibility index (Phi) is 6.22. The molecule has 3 nitrogen and oxygen atoms in total. The summed E-state index contributed by atoms with van der Waals surface area (Å²) >= 11 is 0. The Morgan fingerprint density at radius 3 is 2.16 bits per heavy atom. The number of hydrogen-bond acceptors (Lipinski definition) is 3. The lowest BCUT2D eigenvalue weighted by Gasteiger charge is -2.30. The van der Waals surface area contributed by atoms with Crippen LogP contribution in [0, 0.1) is 11.3 Å². The SMILES string of the molecule is CCCCC[C@@H]1CO[C@@H](c2ccc(-c3ccc(C#N)cc3)cc2)CO1. The Morgan fingerprint density at radius 1 is 0.920 bits per heavy atom. The van der Waals surface area contributed by atoms with Gasteiger partial charge in [0.05, 0.1) is 31.0 Å². The molecule has 0 unspecified atom stereocenters. The van der Waals surface area contributed by atoms with Gasteiger partial charge in [-0.3, -0.25) is 0 Å². The van der Waals surface area contributed by atoms with Gasteiger partial charge in [0, 0.05) is 0 Å². The first-order chi connectivity index (χ1) is 12.3. The van der Waals surface area contributed by atoms with Crippen molar-refractivity contribution in [3.8, 4) is 17.2 Å². The van der Waals surface area contributed by atoms with Crippen molar-refractivity contribution in [1.82, 2.24) is 0 Å². The maximum absolute atomic E-state index is 8.88. The van der Waals surface area contributed by atoms with Crippen LogP contribution in [0.5, 0.6) is 0 Å². The molecule has 1 heterocycles. The number of unbranched alkanes of at least 4 members (excludes halogenated alkanes) is 2. The van der Waals surface area contributed by atoms with Gasteiger partial charge in [0.2, 0.25) is 0 Å². The second-order valence-corrected chi connectivity index (χ2v) is 6.58. The molecule has 0 amide bonds. The fourth-order valence-corrected chi connectivity index (χ4v) is 3.15. The third kappa shape index (κ3) is 4.69. The minimum Gasteiger partial charge on any atom is -0.373 e. The van der Waals surface area contributed by atoms with Crippen molar-refractivity contribution in [3.05, 3.63) is 59.7 Å². The number of hydrogen-bond donors (Lipinski definition) is 0. The first kappa shape index (κ1) is 17.7. The zero-order chi connectivity index (χ0) is 17.5. The molecule has 0 aliphatic carbocycles. The average Bonchev–Trinajstić information content (AvgIpc) is 2.69. The summed E-state index contributed by atoms with van der Waals surface area (Å²) in [5.41, 5.74) is 4.09. The molecule has 0 saturated carbocycles. The number of nitriles is 1. The molecule has 1 saturated heterocycles. The van der Waals surface area contributed by atoms with Gasteiger partial charge in [-0.15, -0.1) is 0 Å². The highest BCUT2D eigenvalue weighted by Crippen LogP contribution is 2.27. The van der Waals surface area contributed by atoms with E-state index in [4.69, 9.17) is 14.7 Å². The van der Waals surface area contributed by atoms with E-state index in [1.807, 2.05) is 24.3 Å². The van der Waals surface area contributed by atoms with E-state index in [1.165, 1.54) is 19.3 Å². The predicted molar refractivity (Wildman–Crippen MR) is 99.2 cm³/mol. The molecule has 3 heteroatoms. The molecule has 0 spiro atoms. The van der Waals surface area contributed by atoms with Crippen molar-refractivity contribution in [2.75, 3.05) is 13.2 Å². The fourth-order valence-electron chi connectivity index (χ4n) is 3.15. The number of rotatable bonds is 6. The lowest BCUT2D eigenvalue weighted by atomic mass is 10.0. The van der Waals surface area contributed by atoms with Gasteiger partial charge in [0.15, 0.2) is 0 Å². The Labute approximate surface area is 150 Å². The van der Waals surface area contributed by atoms with Crippen LogP contribution in [0.2, 0.25) is 0 Å². The second kappa shape index (κ2) is 8.80. The Morgan fingerprint density at radius 2 is 1.60 bits per heavy atom. The van der Waals surface area contributed by atoms with Crippen LogP contribution in [0.4, 0.5) is 0 Å². The minimum atomic E-state index is 0.0254. The standard InChI is InChI=1S/C22H25NO2/c1-2-3-4-5-21-15-25-22(16-24-21)20-12-10-19(11-13-20)18-8-6-17(14-23)7-9-18/h6-13,21-22H,2-5,15-16H2,1H3/t21-,22-/m1/s1. The molecule has 0 radical (unpaired) electrons. The van der Waals surface area contributed by atoms with Crippen LogP contribution < -0.4 is 0 Å². The van der Waals surface area contributed by atoms with E-state index in [0.29, 0.717) is 18.8 Å². The number of benzene rings is 2. The van der Waals surface area contributed by atoms with Gasteiger partial charge >= 0.3 is 0 Å². The van der Waals surface area contributed by atoms with Crippen molar-refractivity contribution >= 4 is 0 Å². The van der Waals surface area contributed by atoms with Crippen LogP contribution in [0.1, 0.15) is 49.8 Å². The zero-order valence-electron chi connectivity index (χ0n) is 14.8. The molecule has 25 heavy (non-hydrogen) atoms. The van der Waals surface area contributed by atoms with E-state index < -0.39 is 0 Å². The zero-order valence-corrected chi connectivity index (χ0v) is 14.8. The van der Waals surface area contributed by atoms with Crippen LogP contribution in [-0.2, 0) is 9.47 Å². The quantitative estimate of drug-likeness (QED) is 0.676. The van der Waals surface area contributed by atoms with E-state index in [2.05, 4.69) is 37.3 Å². The monoisotopic (exact) mass is 335 g/mol. The fraction of sp³-hybridized carbons (Fsp3) is 0.409. The van der Waals surface area contributed by atoms with Gasteiger partial charge in [-0.25, -0.2) is 0 Å². The molecule has 0 bridgehead atoms. The number of nitrogens with zero attached hydrogens (tertiary/aromatic N) is 1. The van der Waals surface area contributed by atoms with Gasteiger partial charge in [-0.1, -0.05) is 62.6 Å². The maximum atomic E-state index is 8.88. The van der Waals surface area contributed by atoms with Crippen molar-refractivity contribution in [3.63, 3.8) is 0 Å². The summed E-state index contributed by atoms with van der Waals surface area (Å²) in [7, 11) is 0. The van der Waals surface area contributed by atoms with Gasteiger partial charge < -0.3 is 9.47 Å². The highest BCUT2D eigenvalue weighted by molar-refractivity contribution is 5.64. The Bertz CT molecular complexity index is 692. The molecule has 0 aromatic heterocycles. The van der Waals surface area contributed by atoms with E-state index >= 15 is 0 Å².